The van der Waals surface area contributed by atoms with E-state index in [1.807, 2.05) is 20.8 Å². The molecule has 0 saturated heterocycles. The smallest absolute Gasteiger partial charge is 0.194 e. The second-order valence-corrected chi connectivity index (χ2v) is 6.28. The average Bonchev–Trinajstić information content (AvgIpc) is 2.37. The molecule has 2 aromatic rings. The maximum atomic E-state index is 13.4. The van der Waals surface area contributed by atoms with Crippen LogP contribution in [-0.4, -0.2) is 9.97 Å². The predicted molar refractivity (Wildman–Crippen MR) is 78.2 cm³/mol. The predicted octanol–water partition coefficient (Wildman–Crippen LogP) is 4.83. The van der Waals surface area contributed by atoms with Gasteiger partial charge in [0.2, 0.25) is 0 Å². The van der Waals surface area contributed by atoms with E-state index in [9.17, 15) is 13.2 Å². The summed E-state index contributed by atoms with van der Waals surface area (Å²) in [7, 11) is 0. The number of rotatable bonds is 1. The van der Waals surface area contributed by atoms with Crippen LogP contribution in [0.5, 0.6) is 0 Å². The molecular formula is C15H15F3N2S. The van der Waals surface area contributed by atoms with Crippen molar-refractivity contribution in [2.24, 2.45) is 0 Å². The Morgan fingerprint density at radius 2 is 1.62 bits per heavy atom. The highest BCUT2D eigenvalue weighted by Crippen LogP contribution is 2.28. The number of hydrogen-bond acceptors (Lipinski definition) is 2. The molecule has 2 rings (SSSR count). The lowest BCUT2D eigenvalue weighted by Crippen LogP contribution is -2.17. The minimum Gasteiger partial charge on any atom is -0.342 e. The molecule has 2 nitrogen and oxygen atoms in total. The molecule has 1 N–H and O–H groups in total. The van der Waals surface area contributed by atoms with Gasteiger partial charge in [-0.15, -0.1) is 0 Å². The Morgan fingerprint density at radius 1 is 1.10 bits per heavy atom. The molecule has 21 heavy (non-hydrogen) atoms. The van der Waals surface area contributed by atoms with Crippen LogP contribution in [-0.2, 0) is 5.41 Å². The molecule has 0 atom stereocenters. The maximum absolute atomic E-state index is 13.4. The van der Waals surface area contributed by atoms with Gasteiger partial charge in [-0.1, -0.05) is 33.0 Å². The van der Waals surface area contributed by atoms with Gasteiger partial charge in [-0.3, -0.25) is 0 Å². The van der Waals surface area contributed by atoms with Gasteiger partial charge < -0.3 is 4.98 Å². The number of halogens is 3. The first-order valence-corrected chi connectivity index (χ1v) is 6.78. The lowest BCUT2D eigenvalue weighted by Gasteiger charge is -2.20. The van der Waals surface area contributed by atoms with E-state index >= 15 is 0 Å². The summed E-state index contributed by atoms with van der Waals surface area (Å²) < 4.78 is 40.3. The molecule has 0 spiro atoms. The molecule has 1 aromatic carbocycles. The topological polar surface area (TPSA) is 28.7 Å². The Hall–Kier alpha value is -1.69. The monoisotopic (exact) mass is 312 g/mol. The van der Waals surface area contributed by atoms with Crippen molar-refractivity contribution in [1.29, 1.82) is 0 Å². The molecule has 112 valence electrons. The highest BCUT2D eigenvalue weighted by Gasteiger charge is 2.20. The molecule has 0 fully saturated rings. The summed E-state index contributed by atoms with van der Waals surface area (Å²) in [6.07, 6.45) is 0. The van der Waals surface area contributed by atoms with Crippen LogP contribution in [0.15, 0.2) is 12.1 Å². The molecule has 0 amide bonds. The molecule has 0 aliphatic rings. The summed E-state index contributed by atoms with van der Waals surface area (Å²) in [4.78, 5) is 7.34. The normalized spacial score (nSPS) is 11.8. The van der Waals surface area contributed by atoms with Crippen molar-refractivity contribution in [3.8, 4) is 11.3 Å². The van der Waals surface area contributed by atoms with Gasteiger partial charge in [-0.05, 0) is 19.1 Å². The summed E-state index contributed by atoms with van der Waals surface area (Å²) in [5.41, 5.74) is 0.914. The highest BCUT2D eigenvalue weighted by molar-refractivity contribution is 7.71. The summed E-state index contributed by atoms with van der Waals surface area (Å²) in [5.74, 6) is -3.37. The first-order valence-electron chi connectivity index (χ1n) is 6.37. The molecular weight excluding hydrogens is 297 g/mol. The minimum atomic E-state index is -1.49. The minimum absolute atomic E-state index is 0.197. The van der Waals surface area contributed by atoms with Crippen LogP contribution in [0, 0.1) is 29.0 Å². The van der Waals surface area contributed by atoms with E-state index in [1.54, 1.807) is 6.92 Å². The number of aromatic nitrogens is 2. The molecule has 0 unspecified atom stereocenters. The van der Waals surface area contributed by atoms with Crippen LogP contribution in [0.2, 0.25) is 0 Å². The molecule has 6 heteroatoms. The third-order valence-electron chi connectivity index (χ3n) is 3.14. The van der Waals surface area contributed by atoms with Gasteiger partial charge in [0.1, 0.15) is 10.5 Å². The zero-order chi connectivity index (χ0) is 15.9. The lowest BCUT2D eigenvalue weighted by molar-refractivity contribution is 0.447. The van der Waals surface area contributed by atoms with Crippen molar-refractivity contribution in [3.05, 3.63) is 45.6 Å². The van der Waals surface area contributed by atoms with Gasteiger partial charge in [0.15, 0.2) is 17.5 Å². The second kappa shape index (κ2) is 5.26. The van der Waals surface area contributed by atoms with Gasteiger partial charge in [-0.2, -0.15) is 0 Å². The summed E-state index contributed by atoms with van der Waals surface area (Å²) in [5, 5.41) is 0. The highest BCUT2D eigenvalue weighted by atomic mass is 32.1. The number of hydrogen-bond donors (Lipinski definition) is 1. The van der Waals surface area contributed by atoms with Crippen LogP contribution in [0.1, 0.15) is 32.2 Å². The number of nitrogens with zero attached hydrogens (tertiary/aromatic N) is 1. The SMILES string of the molecule is Cc1c(-c2cc(F)c(F)c(F)c2)[nH]c(C(C)(C)C)nc1=S. The Balaban J connectivity index is 2.75. The van der Waals surface area contributed by atoms with E-state index in [0.717, 1.165) is 12.1 Å². The van der Waals surface area contributed by atoms with E-state index in [2.05, 4.69) is 9.97 Å². The third kappa shape index (κ3) is 3.00. The van der Waals surface area contributed by atoms with Crippen LogP contribution in [0.25, 0.3) is 11.3 Å². The fourth-order valence-electron chi connectivity index (χ4n) is 1.88. The first-order chi connectivity index (χ1) is 9.61. The summed E-state index contributed by atoms with van der Waals surface area (Å²) in [6, 6.07) is 1.89. The molecule has 0 saturated carbocycles. The van der Waals surface area contributed by atoms with E-state index in [4.69, 9.17) is 12.2 Å². The van der Waals surface area contributed by atoms with Crippen molar-refractivity contribution >= 4 is 12.2 Å². The molecule has 0 radical (unpaired) electrons. The quantitative estimate of drug-likeness (QED) is 0.603. The summed E-state index contributed by atoms with van der Waals surface area (Å²) >= 11 is 5.20. The van der Waals surface area contributed by atoms with Crippen molar-refractivity contribution in [1.82, 2.24) is 9.97 Å². The molecule has 1 heterocycles. The fraction of sp³-hybridized carbons (Fsp3) is 0.333. The molecule has 0 aliphatic carbocycles. The number of benzene rings is 1. The van der Waals surface area contributed by atoms with Gasteiger partial charge in [0, 0.05) is 16.5 Å². The van der Waals surface area contributed by atoms with Crippen LogP contribution >= 0.6 is 12.2 Å². The van der Waals surface area contributed by atoms with Gasteiger partial charge in [0.25, 0.3) is 0 Å². The van der Waals surface area contributed by atoms with E-state index < -0.39 is 17.5 Å². The average molecular weight is 312 g/mol. The van der Waals surface area contributed by atoms with Crippen molar-refractivity contribution < 1.29 is 13.2 Å². The van der Waals surface area contributed by atoms with E-state index in [0.29, 0.717) is 21.7 Å². The molecule has 0 aliphatic heterocycles. The Bertz CT molecular complexity index is 737. The van der Waals surface area contributed by atoms with Crippen LogP contribution in [0.4, 0.5) is 13.2 Å². The number of nitrogens with one attached hydrogen (secondary N) is 1. The van der Waals surface area contributed by atoms with Gasteiger partial charge in [0.05, 0.1) is 5.69 Å². The fourth-order valence-corrected chi connectivity index (χ4v) is 2.07. The third-order valence-corrected chi connectivity index (χ3v) is 3.53. The number of H-pyrrole nitrogens is 1. The lowest BCUT2D eigenvalue weighted by atomic mass is 9.95. The first kappa shape index (κ1) is 15.7. The van der Waals surface area contributed by atoms with E-state index in [-0.39, 0.29) is 11.0 Å². The zero-order valence-corrected chi connectivity index (χ0v) is 13.0. The zero-order valence-electron chi connectivity index (χ0n) is 12.1. The Kier molecular flexibility index (Phi) is 3.93. The van der Waals surface area contributed by atoms with Crippen LogP contribution < -0.4 is 0 Å². The molecule has 0 bridgehead atoms. The standard InChI is InChI=1S/C15H15F3N2S/c1-7-12(8-5-9(16)11(18)10(17)6-8)19-14(15(2,3)4)20-13(7)21/h5-6H,1-4H3,(H,19,20,21). The van der Waals surface area contributed by atoms with Gasteiger partial charge in [-0.25, -0.2) is 18.2 Å². The Labute approximate surface area is 126 Å². The van der Waals surface area contributed by atoms with E-state index in [1.165, 1.54) is 0 Å². The molecule has 1 aromatic heterocycles. The van der Waals surface area contributed by atoms with Gasteiger partial charge >= 0.3 is 0 Å². The van der Waals surface area contributed by atoms with Crippen LogP contribution in [0.3, 0.4) is 0 Å². The Morgan fingerprint density at radius 3 is 2.10 bits per heavy atom. The largest absolute Gasteiger partial charge is 0.342 e. The van der Waals surface area contributed by atoms with Crippen molar-refractivity contribution in [2.75, 3.05) is 0 Å². The van der Waals surface area contributed by atoms with Crippen molar-refractivity contribution in [3.63, 3.8) is 0 Å². The second-order valence-electron chi connectivity index (χ2n) is 5.89. The summed E-state index contributed by atoms with van der Waals surface area (Å²) in [6.45, 7) is 7.51. The van der Waals surface area contributed by atoms with Crippen molar-refractivity contribution in [2.45, 2.75) is 33.1 Å². The maximum Gasteiger partial charge on any atom is 0.194 e. The number of aromatic amines is 1.